The molecule has 0 fully saturated rings. The van der Waals surface area contributed by atoms with Gasteiger partial charge in [-0.15, -0.1) is 0 Å². The fraction of sp³-hybridized carbons (Fsp3) is 0.222. The van der Waals surface area contributed by atoms with Crippen molar-refractivity contribution in [2.45, 2.75) is 20.0 Å². The SMILES string of the molecule is CCOC(=O)OC(C)=O.O=[N+]([O-])c1ccc(Oc2ccc(C(F)(F)F)cc2Cl)cc1. The molecule has 0 atom stereocenters. The Labute approximate surface area is 173 Å². The lowest BCUT2D eigenvalue weighted by Gasteiger charge is -2.11. The molecule has 0 heterocycles. The molecule has 162 valence electrons. The Balaban J connectivity index is 0.000000424. The summed E-state index contributed by atoms with van der Waals surface area (Å²) in [5, 5.41) is 10.3. The van der Waals surface area contributed by atoms with Gasteiger partial charge >= 0.3 is 18.3 Å². The van der Waals surface area contributed by atoms with Crippen LogP contribution in [0.3, 0.4) is 0 Å². The molecule has 30 heavy (non-hydrogen) atoms. The standard InChI is InChI=1S/C13H7ClF3NO3.C5H8O4/c14-11-7-8(13(15,16)17)1-6-12(11)21-10-4-2-9(3-5-10)18(19)20;1-3-8-5(7)9-4(2)6/h1-7H;3H2,1-2H3. The smallest absolute Gasteiger partial charge is 0.456 e. The zero-order valence-electron chi connectivity index (χ0n) is 15.6. The Kier molecular flexibility index (Phi) is 9.06. The average molecular weight is 450 g/mol. The minimum Gasteiger partial charge on any atom is -0.456 e. The number of benzene rings is 2. The lowest BCUT2D eigenvalue weighted by molar-refractivity contribution is -0.384. The summed E-state index contributed by atoms with van der Waals surface area (Å²) in [5.41, 5.74) is -1.01. The number of hydrogen-bond donors (Lipinski definition) is 0. The van der Waals surface area contributed by atoms with Crippen LogP contribution in [0.25, 0.3) is 0 Å². The van der Waals surface area contributed by atoms with E-state index in [2.05, 4.69) is 9.47 Å². The fourth-order valence-corrected chi connectivity index (χ4v) is 2.01. The monoisotopic (exact) mass is 449 g/mol. The predicted molar refractivity (Wildman–Crippen MR) is 98.4 cm³/mol. The van der Waals surface area contributed by atoms with E-state index in [1.54, 1.807) is 6.92 Å². The maximum absolute atomic E-state index is 12.5. The molecule has 0 N–H and O–H groups in total. The Morgan fingerprint density at radius 1 is 1.13 bits per heavy atom. The van der Waals surface area contributed by atoms with Crippen LogP contribution in [0.5, 0.6) is 11.5 Å². The van der Waals surface area contributed by atoms with Gasteiger partial charge in [0.15, 0.2) is 0 Å². The van der Waals surface area contributed by atoms with Crippen molar-refractivity contribution in [3.05, 3.63) is 63.2 Å². The molecule has 0 unspecified atom stereocenters. The molecule has 0 aliphatic rings. The first-order chi connectivity index (χ1) is 13.9. The molecular weight excluding hydrogens is 435 g/mol. The normalized spacial score (nSPS) is 10.3. The molecule has 0 spiro atoms. The highest BCUT2D eigenvalue weighted by atomic mass is 35.5. The summed E-state index contributed by atoms with van der Waals surface area (Å²) in [6.45, 7) is 2.98. The van der Waals surface area contributed by atoms with E-state index in [4.69, 9.17) is 16.3 Å². The highest BCUT2D eigenvalue weighted by Crippen LogP contribution is 2.36. The predicted octanol–water partition coefficient (Wildman–Crippen LogP) is 5.77. The summed E-state index contributed by atoms with van der Waals surface area (Å²) < 4.78 is 51.0. The molecule has 0 saturated carbocycles. The second kappa shape index (κ2) is 11.0. The number of nitro groups is 1. The molecule has 12 heteroatoms. The van der Waals surface area contributed by atoms with Crippen molar-refractivity contribution in [1.29, 1.82) is 0 Å². The van der Waals surface area contributed by atoms with E-state index in [0.717, 1.165) is 25.1 Å². The minimum absolute atomic E-state index is 0.0264. The van der Waals surface area contributed by atoms with Gasteiger partial charge in [0.2, 0.25) is 0 Å². The van der Waals surface area contributed by atoms with Crippen molar-refractivity contribution in [2.75, 3.05) is 6.61 Å². The van der Waals surface area contributed by atoms with Gasteiger partial charge < -0.3 is 14.2 Å². The zero-order valence-corrected chi connectivity index (χ0v) is 16.3. The number of carbonyl (C=O) groups is 2. The van der Waals surface area contributed by atoms with E-state index in [1.807, 2.05) is 0 Å². The number of rotatable bonds is 4. The van der Waals surface area contributed by atoms with Gasteiger partial charge in [-0.1, -0.05) is 11.6 Å². The summed E-state index contributed by atoms with van der Waals surface area (Å²) in [7, 11) is 0. The Morgan fingerprint density at radius 3 is 2.17 bits per heavy atom. The lowest BCUT2D eigenvalue weighted by atomic mass is 10.2. The number of carbonyl (C=O) groups excluding carboxylic acids is 2. The first kappa shape index (κ1) is 24.7. The first-order valence-corrected chi connectivity index (χ1v) is 8.46. The van der Waals surface area contributed by atoms with Crippen LogP contribution < -0.4 is 4.74 Å². The Bertz CT molecular complexity index is 902. The van der Waals surface area contributed by atoms with Gasteiger partial charge in [-0.3, -0.25) is 14.9 Å². The average Bonchev–Trinajstić information content (AvgIpc) is 2.63. The molecule has 8 nitrogen and oxygen atoms in total. The molecule has 0 saturated heterocycles. The molecule has 0 radical (unpaired) electrons. The van der Waals surface area contributed by atoms with Crippen LogP contribution in [0.2, 0.25) is 5.02 Å². The molecule has 0 bridgehead atoms. The van der Waals surface area contributed by atoms with E-state index in [0.29, 0.717) is 0 Å². The summed E-state index contributed by atoms with van der Waals surface area (Å²) in [6, 6.07) is 7.76. The van der Waals surface area contributed by atoms with Crippen LogP contribution in [0.15, 0.2) is 42.5 Å². The van der Waals surface area contributed by atoms with Crippen molar-refractivity contribution >= 4 is 29.4 Å². The Hall–Kier alpha value is -3.34. The van der Waals surface area contributed by atoms with Crippen molar-refractivity contribution in [3.8, 4) is 11.5 Å². The lowest BCUT2D eigenvalue weighted by Crippen LogP contribution is -2.10. The summed E-state index contributed by atoms with van der Waals surface area (Å²) in [6.07, 6.45) is -5.43. The summed E-state index contributed by atoms with van der Waals surface area (Å²) in [5.74, 6) is -0.408. The number of alkyl halides is 3. The highest BCUT2D eigenvalue weighted by molar-refractivity contribution is 6.32. The van der Waals surface area contributed by atoms with Crippen molar-refractivity contribution in [3.63, 3.8) is 0 Å². The van der Waals surface area contributed by atoms with E-state index >= 15 is 0 Å². The zero-order chi connectivity index (χ0) is 22.9. The van der Waals surface area contributed by atoms with Gasteiger partial charge in [-0.25, -0.2) is 4.79 Å². The van der Waals surface area contributed by atoms with Gasteiger partial charge in [0.1, 0.15) is 11.5 Å². The maximum atomic E-state index is 12.5. The molecule has 0 aromatic heterocycles. The van der Waals surface area contributed by atoms with Crippen LogP contribution in [0.4, 0.5) is 23.7 Å². The van der Waals surface area contributed by atoms with Crippen LogP contribution in [-0.2, 0) is 20.4 Å². The summed E-state index contributed by atoms with van der Waals surface area (Å²) >= 11 is 5.73. The van der Waals surface area contributed by atoms with E-state index in [9.17, 15) is 32.9 Å². The topological polar surface area (TPSA) is 105 Å². The third kappa shape index (κ3) is 8.35. The number of nitro benzene ring substituents is 1. The second-order valence-electron chi connectivity index (χ2n) is 5.27. The molecular formula is C18H15ClF3NO7. The summed E-state index contributed by atoms with van der Waals surface area (Å²) in [4.78, 5) is 30.1. The van der Waals surface area contributed by atoms with Gasteiger partial charge in [-0.05, 0) is 37.3 Å². The molecule has 0 amide bonds. The largest absolute Gasteiger partial charge is 0.516 e. The highest BCUT2D eigenvalue weighted by Gasteiger charge is 2.31. The van der Waals surface area contributed by atoms with E-state index in [-0.39, 0.29) is 28.8 Å². The molecule has 2 rings (SSSR count). The number of hydrogen-bond acceptors (Lipinski definition) is 7. The van der Waals surface area contributed by atoms with Crippen molar-refractivity contribution in [1.82, 2.24) is 0 Å². The fourth-order valence-electron chi connectivity index (χ4n) is 1.79. The van der Waals surface area contributed by atoms with Crippen LogP contribution in [0.1, 0.15) is 19.4 Å². The third-order valence-electron chi connectivity index (χ3n) is 3.02. The molecule has 2 aromatic carbocycles. The molecule has 0 aliphatic heterocycles. The van der Waals surface area contributed by atoms with Gasteiger partial charge in [0.25, 0.3) is 5.69 Å². The second-order valence-corrected chi connectivity index (χ2v) is 5.68. The van der Waals surface area contributed by atoms with Crippen molar-refractivity contribution in [2.24, 2.45) is 0 Å². The minimum atomic E-state index is -4.49. The van der Waals surface area contributed by atoms with Crippen LogP contribution >= 0.6 is 11.6 Å². The Morgan fingerprint density at radius 2 is 1.73 bits per heavy atom. The van der Waals surface area contributed by atoms with Crippen molar-refractivity contribution < 1.29 is 41.9 Å². The number of non-ortho nitro benzene ring substituents is 1. The quantitative estimate of drug-likeness (QED) is 0.252. The van der Waals surface area contributed by atoms with Crippen LogP contribution in [0, 0.1) is 10.1 Å². The number of esters is 1. The van der Waals surface area contributed by atoms with Gasteiger partial charge in [0.05, 0.1) is 22.1 Å². The van der Waals surface area contributed by atoms with E-state index in [1.165, 1.54) is 24.3 Å². The third-order valence-corrected chi connectivity index (χ3v) is 3.32. The number of halogens is 4. The van der Waals surface area contributed by atoms with E-state index < -0.39 is 28.8 Å². The molecule has 2 aromatic rings. The number of ether oxygens (including phenoxy) is 3. The number of nitrogens with zero attached hydrogens (tertiary/aromatic N) is 1. The van der Waals surface area contributed by atoms with Crippen LogP contribution in [-0.4, -0.2) is 23.7 Å². The van der Waals surface area contributed by atoms with Gasteiger partial charge in [-0.2, -0.15) is 13.2 Å². The first-order valence-electron chi connectivity index (χ1n) is 8.08. The molecule has 0 aliphatic carbocycles. The van der Waals surface area contributed by atoms with Gasteiger partial charge in [0, 0.05) is 19.1 Å². The maximum Gasteiger partial charge on any atom is 0.516 e.